The number of hydrogen-bond donors (Lipinski definition) is 1. The van der Waals surface area contributed by atoms with E-state index >= 15 is 0 Å². The zero-order valence-electron chi connectivity index (χ0n) is 20.1. The Kier molecular flexibility index (Phi) is 9.12. The van der Waals surface area contributed by atoms with Gasteiger partial charge in [0, 0.05) is 18.5 Å². The van der Waals surface area contributed by atoms with Crippen LogP contribution in [-0.4, -0.2) is 42.0 Å². The van der Waals surface area contributed by atoms with Crippen molar-refractivity contribution in [3.8, 4) is 11.5 Å². The summed E-state index contributed by atoms with van der Waals surface area (Å²) in [4.78, 5) is 27.5. The minimum absolute atomic E-state index is 0.0690. The van der Waals surface area contributed by atoms with Crippen LogP contribution in [0, 0.1) is 6.92 Å². The first kappa shape index (κ1) is 25.2. The molecule has 2 aromatic carbocycles. The molecule has 0 fully saturated rings. The molecule has 0 aliphatic rings. The molecular weight excluding hydrogens is 404 g/mol. The number of benzene rings is 2. The van der Waals surface area contributed by atoms with Gasteiger partial charge in [0.15, 0.2) is 0 Å². The molecule has 6 nitrogen and oxygen atoms in total. The second-order valence-electron chi connectivity index (χ2n) is 9.05. The average molecular weight is 441 g/mol. The highest BCUT2D eigenvalue weighted by atomic mass is 16.5. The third-order valence-corrected chi connectivity index (χ3v) is 5.00. The maximum atomic E-state index is 13.1. The Bertz CT molecular complexity index is 870. The molecule has 2 aromatic rings. The third kappa shape index (κ3) is 8.25. The van der Waals surface area contributed by atoms with Crippen molar-refractivity contribution in [3.63, 3.8) is 0 Å². The van der Waals surface area contributed by atoms with Gasteiger partial charge in [0.05, 0.1) is 13.7 Å². The van der Waals surface area contributed by atoms with Crippen molar-refractivity contribution in [2.75, 3.05) is 13.7 Å². The van der Waals surface area contributed by atoms with Gasteiger partial charge in [-0.25, -0.2) is 0 Å². The zero-order chi connectivity index (χ0) is 23.7. The topological polar surface area (TPSA) is 67.9 Å². The van der Waals surface area contributed by atoms with Crippen molar-refractivity contribution in [1.29, 1.82) is 0 Å². The molecule has 1 unspecified atom stereocenters. The van der Waals surface area contributed by atoms with Crippen molar-refractivity contribution in [2.45, 2.75) is 65.6 Å². The van der Waals surface area contributed by atoms with Crippen LogP contribution in [0.15, 0.2) is 48.5 Å². The minimum Gasteiger partial charge on any atom is -0.497 e. The smallest absolute Gasteiger partial charge is 0.242 e. The van der Waals surface area contributed by atoms with Crippen LogP contribution in [0.25, 0.3) is 0 Å². The maximum absolute atomic E-state index is 13.1. The van der Waals surface area contributed by atoms with Gasteiger partial charge in [-0.2, -0.15) is 0 Å². The standard InChI is InChI=1S/C26H36N2O4/c1-19-9-11-21(12-10-19)18-28(20(2)25(30)27-26(3,4)5)24(29)8-7-17-32-23-15-13-22(31-6)14-16-23/h9-16,20H,7-8,17-18H2,1-6H3,(H,27,30). The Morgan fingerprint density at radius 3 is 2.16 bits per heavy atom. The molecule has 0 bridgehead atoms. The lowest BCUT2D eigenvalue weighted by Gasteiger charge is -2.31. The second kappa shape index (κ2) is 11.6. The number of nitrogens with zero attached hydrogens (tertiary/aromatic N) is 1. The van der Waals surface area contributed by atoms with Crippen LogP contribution < -0.4 is 14.8 Å². The number of aryl methyl sites for hydroxylation is 1. The van der Waals surface area contributed by atoms with Crippen LogP contribution in [0.2, 0.25) is 0 Å². The molecule has 1 atom stereocenters. The normalized spacial score (nSPS) is 12.1. The average Bonchev–Trinajstić information content (AvgIpc) is 2.75. The lowest BCUT2D eigenvalue weighted by molar-refractivity contribution is -0.141. The van der Waals surface area contributed by atoms with Gasteiger partial charge in [-0.15, -0.1) is 0 Å². The summed E-state index contributed by atoms with van der Waals surface area (Å²) >= 11 is 0. The molecule has 0 aliphatic heterocycles. The van der Waals surface area contributed by atoms with Crippen molar-refractivity contribution < 1.29 is 19.1 Å². The van der Waals surface area contributed by atoms with E-state index in [4.69, 9.17) is 9.47 Å². The van der Waals surface area contributed by atoms with Gasteiger partial charge >= 0.3 is 0 Å². The SMILES string of the molecule is COc1ccc(OCCCC(=O)N(Cc2ccc(C)cc2)C(C)C(=O)NC(C)(C)C)cc1. The second-order valence-corrected chi connectivity index (χ2v) is 9.05. The molecule has 0 heterocycles. The predicted molar refractivity (Wildman–Crippen MR) is 127 cm³/mol. The van der Waals surface area contributed by atoms with E-state index in [0.717, 1.165) is 22.6 Å². The number of rotatable bonds is 10. The summed E-state index contributed by atoms with van der Waals surface area (Å²) in [6.07, 6.45) is 0.859. The summed E-state index contributed by atoms with van der Waals surface area (Å²) in [5.74, 6) is 1.27. The van der Waals surface area contributed by atoms with E-state index in [9.17, 15) is 9.59 Å². The summed E-state index contributed by atoms with van der Waals surface area (Å²) in [7, 11) is 1.62. The summed E-state index contributed by atoms with van der Waals surface area (Å²) in [6, 6.07) is 14.8. The summed E-state index contributed by atoms with van der Waals surface area (Å²) in [5, 5.41) is 2.98. The number of amides is 2. The minimum atomic E-state index is -0.578. The Hall–Kier alpha value is -3.02. The van der Waals surface area contributed by atoms with E-state index in [1.165, 1.54) is 0 Å². The first-order valence-electron chi connectivity index (χ1n) is 11.0. The van der Waals surface area contributed by atoms with Crippen LogP contribution in [0.4, 0.5) is 0 Å². The molecule has 2 amide bonds. The number of methoxy groups -OCH3 is 1. The molecule has 0 radical (unpaired) electrons. The van der Waals surface area contributed by atoms with E-state index in [2.05, 4.69) is 5.32 Å². The Labute approximate surface area is 191 Å². The highest BCUT2D eigenvalue weighted by molar-refractivity contribution is 5.87. The highest BCUT2D eigenvalue weighted by Gasteiger charge is 2.28. The van der Waals surface area contributed by atoms with E-state index in [-0.39, 0.29) is 17.4 Å². The van der Waals surface area contributed by atoms with Crippen molar-refractivity contribution >= 4 is 11.8 Å². The fourth-order valence-electron chi connectivity index (χ4n) is 3.18. The number of carbonyl (C=O) groups is 2. The van der Waals surface area contributed by atoms with Gasteiger partial charge in [-0.1, -0.05) is 29.8 Å². The van der Waals surface area contributed by atoms with Crippen LogP contribution >= 0.6 is 0 Å². The van der Waals surface area contributed by atoms with E-state index < -0.39 is 6.04 Å². The Morgan fingerprint density at radius 2 is 1.59 bits per heavy atom. The highest BCUT2D eigenvalue weighted by Crippen LogP contribution is 2.18. The van der Waals surface area contributed by atoms with Gasteiger partial charge < -0.3 is 19.7 Å². The van der Waals surface area contributed by atoms with Crippen molar-refractivity contribution in [3.05, 3.63) is 59.7 Å². The molecule has 0 saturated heterocycles. The largest absolute Gasteiger partial charge is 0.497 e. The van der Waals surface area contributed by atoms with Gasteiger partial charge in [-0.3, -0.25) is 9.59 Å². The fourth-order valence-corrected chi connectivity index (χ4v) is 3.18. The van der Waals surface area contributed by atoms with Crippen molar-refractivity contribution in [2.24, 2.45) is 0 Å². The quantitative estimate of drug-likeness (QED) is 0.553. The van der Waals surface area contributed by atoms with E-state index in [0.29, 0.717) is 26.0 Å². The predicted octanol–water partition coefficient (Wildman–Crippen LogP) is 4.49. The Balaban J connectivity index is 1.99. The molecule has 0 aliphatic carbocycles. The van der Waals surface area contributed by atoms with Gasteiger partial charge in [0.2, 0.25) is 11.8 Å². The lowest BCUT2D eigenvalue weighted by atomic mass is 10.1. The summed E-state index contributed by atoms with van der Waals surface area (Å²) in [6.45, 7) is 10.4. The number of nitrogens with one attached hydrogen (secondary N) is 1. The Morgan fingerprint density at radius 1 is 1.00 bits per heavy atom. The molecule has 32 heavy (non-hydrogen) atoms. The van der Waals surface area contributed by atoms with Crippen LogP contribution in [0.3, 0.4) is 0 Å². The number of hydrogen-bond acceptors (Lipinski definition) is 4. The van der Waals surface area contributed by atoms with Crippen LogP contribution in [0.5, 0.6) is 11.5 Å². The van der Waals surface area contributed by atoms with Gasteiger partial charge in [0.25, 0.3) is 0 Å². The molecule has 0 aromatic heterocycles. The first-order valence-corrected chi connectivity index (χ1v) is 11.0. The van der Waals surface area contributed by atoms with Gasteiger partial charge in [0.1, 0.15) is 17.5 Å². The van der Waals surface area contributed by atoms with E-state index in [1.807, 2.05) is 76.2 Å². The van der Waals surface area contributed by atoms with Crippen molar-refractivity contribution in [1.82, 2.24) is 10.2 Å². The molecule has 174 valence electrons. The van der Waals surface area contributed by atoms with Crippen LogP contribution in [0.1, 0.15) is 51.7 Å². The maximum Gasteiger partial charge on any atom is 0.242 e. The third-order valence-electron chi connectivity index (χ3n) is 5.00. The molecular formula is C26H36N2O4. The summed E-state index contributed by atoms with van der Waals surface area (Å²) < 4.78 is 10.9. The molecule has 6 heteroatoms. The molecule has 2 rings (SSSR count). The monoisotopic (exact) mass is 440 g/mol. The first-order chi connectivity index (χ1) is 15.1. The van der Waals surface area contributed by atoms with E-state index in [1.54, 1.807) is 18.9 Å². The lowest BCUT2D eigenvalue weighted by Crippen LogP contribution is -2.52. The summed E-state index contributed by atoms with van der Waals surface area (Å²) in [5.41, 5.74) is 1.78. The van der Waals surface area contributed by atoms with Crippen LogP contribution in [-0.2, 0) is 16.1 Å². The molecule has 0 spiro atoms. The molecule has 1 N–H and O–H groups in total. The molecule has 0 saturated carbocycles. The zero-order valence-corrected chi connectivity index (χ0v) is 20.1. The number of ether oxygens (including phenoxy) is 2. The fraction of sp³-hybridized carbons (Fsp3) is 0.462. The number of carbonyl (C=O) groups excluding carboxylic acids is 2. The van der Waals surface area contributed by atoms with Gasteiger partial charge in [-0.05, 0) is 70.9 Å².